The van der Waals surface area contributed by atoms with E-state index in [2.05, 4.69) is 15.4 Å². The molecule has 1 atom stereocenters. The van der Waals surface area contributed by atoms with Crippen molar-refractivity contribution in [2.24, 2.45) is 0 Å². The lowest BCUT2D eigenvalue weighted by atomic mass is 10.1. The summed E-state index contributed by atoms with van der Waals surface area (Å²) in [6.07, 6.45) is -1.79. The third kappa shape index (κ3) is 2.31. The van der Waals surface area contributed by atoms with Gasteiger partial charge in [-0.1, -0.05) is 29.8 Å². The number of hydrogen-bond acceptors (Lipinski definition) is 4. The molecular weight excluding hydrogens is 216 g/mol. The van der Waals surface area contributed by atoms with Crippen molar-refractivity contribution >= 4 is 11.6 Å². The Labute approximate surface area is 96.9 Å². The molecule has 2 aromatic rings. The van der Waals surface area contributed by atoms with Gasteiger partial charge in [-0.2, -0.15) is 4.80 Å². The van der Waals surface area contributed by atoms with E-state index in [0.29, 0.717) is 4.80 Å². The first-order valence-corrected chi connectivity index (χ1v) is 4.37. The SMILES string of the molecule is [2H]c1ccc(Cl)c(C([2H])(O)C([2H])([2H])n2ncnn2)c1. The van der Waals surface area contributed by atoms with E-state index in [-0.39, 0.29) is 16.6 Å². The molecule has 78 valence electrons. The number of nitrogens with zero attached hydrogens (tertiary/aromatic N) is 4. The van der Waals surface area contributed by atoms with E-state index in [4.69, 9.17) is 17.1 Å². The van der Waals surface area contributed by atoms with E-state index in [1.54, 1.807) is 0 Å². The molecule has 15 heavy (non-hydrogen) atoms. The molecule has 1 N–H and O–H groups in total. The van der Waals surface area contributed by atoms with E-state index in [1.807, 2.05) is 0 Å². The first-order valence-electron chi connectivity index (χ1n) is 5.99. The second-order valence-corrected chi connectivity index (χ2v) is 3.00. The minimum Gasteiger partial charge on any atom is -0.386 e. The predicted molar refractivity (Wildman–Crippen MR) is 54.2 cm³/mol. The van der Waals surface area contributed by atoms with Crippen LogP contribution in [-0.4, -0.2) is 25.3 Å². The van der Waals surface area contributed by atoms with Gasteiger partial charge in [0.15, 0.2) is 6.33 Å². The lowest BCUT2D eigenvalue weighted by Gasteiger charge is -2.10. The molecular formula is C9H9ClN4O. The van der Waals surface area contributed by atoms with Crippen LogP contribution in [-0.2, 0) is 6.50 Å². The van der Waals surface area contributed by atoms with Gasteiger partial charge in [-0.3, -0.25) is 0 Å². The average Bonchev–Trinajstić information content (AvgIpc) is 2.86. The second kappa shape index (κ2) is 4.37. The van der Waals surface area contributed by atoms with E-state index < -0.39 is 12.6 Å². The molecule has 1 aromatic carbocycles. The van der Waals surface area contributed by atoms with Gasteiger partial charge in [0.1, 0.15) is 6.08 Å². The third-order valence-corrected chi connectivity index (χ3v) is 1.95. The van der Waals surface area contributed by atoms with Crippen LogP contribution in [0.3, 0.4) is 0 Å². The number of hydrogen-bond donors (Lipinski definition) is 1. The van der Waals surface area contributed by atoms with Crippen molar-refractivity contribution in [1.82, 2.24) is 20.2 Å². The zero-order valence-electron chi connectivity index (χ0n) is 11.4. The van der Waals surface area contributed by atoms with Gasteiger partial charge in [-0.05, 0) is 11.3 Å². The van der Waals surface area contributed by atoms with Crippen LogP contribution in [0.15, 0.2) is 30.6 Å². The van der Waals surface area contributed by atoms with Crippen LogP contribution in [0.25, 0.3) is 0 Å². The summed E-state index contributed by atoms with van der Waals surface area (Å²) in [5.41, 5.74) is -0.246. The molecule has 0 bridgehead atoms. The van der Waals surface area contributed by atoms with Crippen LogP contribution in [0, 0.1) is 0 Å². The van der Waals surface area contributed by atoms with E-state index in [0.717, 1.165) is 12.4 Å². The van der Waals surface area contributed by atoms with Gasteiger partial charge in [0.2, 0.25) is 0 Å². The normalized spacial score (nSPS) is 19.6. The molecule has 6 heteroatoms. The maximum absolute atomic E-state index is 10.2. The first kappa shape index (κ1) is 6.19. The molecule has 1 unspecified atom stereocenters. The summed E-state index contributed by atoms with van der Waals surface area (Å²) in [5, 5.41) is 20.3. The van der Waals surface area contributed by atoms with Crippen LogP contribution in [0.1, 0.15) is 17.1 Å². The topological polar surface area (TPSA) is 63.8 Å². The molecule has 0 aliphatic heterocycles. The van der Waals surface area contributed by atoms with Gasteiger partial charge in [0, 0.05) is 10.6 Å². The quantitative estimate of drug-likeness (QED) is 0.853. The van der Waals surface area contributed by atoms with Crippen molar-refractivity contribution in [1.29, 1.82) is 0 Å². The molecule has 5 nitrogen and oxygen atoms in total. The van der Waals surface area contributed by atoms with Gasteiger partial charge < -0.3 is 5.11 Å². The second-order valence-electron chi connectivity index (χ2n) is 2.59. The molecule has 2 rings (SSSR count). The highest BCUT2D eigenvalue weighted by Gasteiger charge is 2.12. The maximum atomic E-state index is 10.2. The van der Waals surface area contributed by atoms with Gasteiger partial charge in [0.05, 0.1) is 12.0 Å². The fourth-order valence-electron chi connectivity index (χ4n) is 0.966. The predicted octanol–water partition coefficient (Wildman–Crippen LogP) is 1.06. The largest absolute Gasteiger partial charge is 0.386 e. The summed E-state index contributed by atoms with van der Waals surface area (Å²) < 4.78 is 30.9. The number of rotatable bonds is 3. The van der Waals surface area contributed by atoms with Gasteiger partial charge >= 0.3 is 0 Å². The third-order valence-electron chi connectivity index (χ3n) is 1.62. The summed E-state index contributed by atoms with van der Waals surface area (Å²) in [4.78, 5) is 0.479. The first-order chi connectivity index (χ1) is 8.76. The standard InChI is InChI=1S/C9H9ClN4O/c10-8-4-2-1-3-7(8)9(15)5-14-12-6-11-13-14/h1-4,6,9,15H,5H2/i1D,5D2,9D. The Morgan fingerprint density at radius 3 is 3.33 bits per heavy atom. The van der Waals surface area contributed by atoms with Crippen LogP contribution in [0.5, 0.6) is 0 Å². The Morgan fingerprint density at radius 2 is 2.60 bits per heavy atom. The molecule has 0 saturated heterocycles. The summed E-state index contributed by atoms with van der Waals surface area (Å²) in [6, 6.07) is 3.78. The summed E-state index contributed by atoms with van der Waals surface area (Å²) >= 11 is 5.85. The van der Waals surface area contributed by atoms with E-state index >= 15 is 0 Å². The maximum Gasteiger partial charge on any atom is 0.162 e. The number of aliphatic hydroxyl groups is 1. The van der Waals surface area contributed by atoms with Gasteiger partial charge in [0.25, 0.3) is 0 Å². The van der Waals surface area contributed by atoms with Crippen molar-refractivity contribution < 1.29 is 10.6 Å². The zero-order valence-corrected chi connectivity index (χ0v) is 8.18. The highest BCUT2D eigenvalue weighted by Crippen LogP contribution is 2.22. The molecule has 0 aliphatic rings. The highest BCUT2D eigenvalue weighted by atomic mass is 35.5. The van der Waals surface area contributed by atoms with Crippen molar-refractivity contribution in [3.63, 3.8) is 0 Å². The Hall–Kier alpha value is -1.46. The average molecular weight is 229 g/mol. The van der Waals surface area contributed by atoms with Crippen LogP contribution in [0.4, 0.5) is 0 Å². The monoisotopic (exact) mass is 228 g/mol. The van der Waals surface area contributed by atoms with Crippen LogP contribution in [0.2, 0.25) is 5.02 Å². The molecule has 1 heterocycles. The minimum atomic E-state index is -2.78. The molecule has 1 aromatic heterocycles. The van der Waals surface area contributed by atoms with Crippen LogP contribution >= 0.6 is 11.6 Å². The number of benzene rings is 1. The molecule has 0 radical (unpaired) electrons. The summed E-state index contributed by atoms with van der Waals surface area (Å²) in [6.45, 7) is -2.71. The molecule has 0 fully saturated rings. The van der Waals surface area contributed by atoms with Crippen molar-refractivity contribution in [2.45, 2.75) is 12.6 Å². The highest BCUT2D eigenvalue weighted by molar-refractivity contribution is 6.31. The minimum absolute atomic E-state index is 0.00701. The van der Waals surface area contributed by atoms with Crippen molar-refractivity contribution in [2.75, 3.05) is 0 Å². The summed E-state index contributed by atoms with van der Waals surface area (Å²) in [5.74, 6) is 0. The number of aromatic nitrogens is 4. The fraction of sp³-hybridized carbons (Fsp3) is 0.222. The van der Waals surface area contributed by atoms with Crippen molar-refractivity contribution in [3.8, 4) is 0 Å². The fourth-order valence-corrected chi connectivity index (χ4v) is 1.17. The van der Waals surface area contributed by atoms with Gasteiger partial charge in [-0.25, -0.2) is 0 Å². The van der Waals surface area contributed by atoms with E-state index in [1.165, 1.54) is 12.1 Å². The number of tetrazole rings is 1. The van der Waals surface area contributed by atoms with Crippen molar-refractivity contribution in [3.05, 3.63) is 41.2 Å². The smallest absolute Gasteiger partial charge is 0.162 e. The Kier molecular flexibility index (Phi) is 1.81. The Morgan fingerprint density at radius 1 is 1.73 bits per heavy atom. The number of halogens is 1. The van der Waals surface area contributed by atoms with Gasteiger partial charge in [-0.15, -0.1) is 10.2 Å². The lowest BCUT2D eigenvalue weighted by molar-refractivity contribution is 0.144. The summed E-state index contributed by atoms with van der Waals surface area (Å²) in [7, 11) is 0. The Balaban J connectivity index is 2.55. The Bertz CT molecular complexity index is 590. The molecule has 0 amide bonds. The zero-order chi connectivity index (χ0) is 14.3. The molecule has 0 spiro atoms. The van der Waals surface area contributed by atoms with Crippen LogP contribution < -0.4 is 0 Å². The lowest BCUT2D eigenvalue weighted by Crippen LogP contribution is -2.11. The molecule has 0 saturated carbocycles. The molecule has 0 aliphatic carbocycles. The van der Waals surface area contributed by atoms with E-state index in [9.17, 15) is 5.11 Å².